The van der Waals surface area contributed by atoms with Crippen LogP contribution >= 0.6 is 0 Å². The van der Waals surface area contributed by atoms with E-state index < -0.39 is 0 Å². The first kappa shape index (κ1) is 15.0. The van der Waals surface area contributed by atoms with Gasteiger partial charge < -0.3 is 20.5 Å². The number of nitrogens with zero attached hydrogens (tertiary/aromatic N) is 1. The highest BCUT2D eigenvalue weighted by molar-refractivity contribution is 5.56. The number of rotatable bonds is 6. The summed E-state index contributed by atoms with van der Waals surface area (Å²) < 4.78 is 5.73. The Morgan fingerprint density at radius 3 is 2.67 bits per heavy atom. The molecule has 2 rings (SSSR count). The van der Waals surface area contributed by atoms with Crippen molar-refractivity contribution in [1.82, 2.24) is 0 Å². The first-order valence-electron chi connectivity index (χ1n) is 7.13. The zero-order valence-corrected chi connectivity index (χ0v) is 12.5. The summed E-state index contributed by atoms with van der Waals surface area (Å²) in [7, 11) is 0. The second-order valence-corrected chi connectivity index (χ2v) is 4.94. The summed E-state index contributed by atoms with van der Waals surface area (Å²) in [4.78, 5) is 2.17. The van der Waals surface area contributed by atoms with E-state index in [9.17, 15) is 5.11 Å². The SMILES string of the molecule is CCN(CCOc1ccccc1N)c1cc(O)ccc1C. The van der Waals surface area contributed by atoms with Gasteiger partial charge in [-0.25, -0.2) is 0 Å². The van der Waals surface area contributed by atoms with Gasteiger partial charge in [0.1, 0.15) is 18.1 Å². The highest BCUT2D eigenvalue weighted by atomic mass is 16.5. The van der Waals surface area contributed by atoms with Crippen molar-refractivity contribution in [3.05, 3.63) is 48.0 Å². The van der Waals surface area contributed by atoms with E-state index in [0.29, 0.717) is 18.0 Å². The number of nitrogen functional groups attached to an aromatic ring is 1. The Morgan fingerprint density at radius 1 is 1.19 bits per heavy atom. The predicted molar refractivity (Wildman–Crippen MR) is 87.1 cm³/mol. The largest absolute Gasteiger partial charge is 0.508 e. The monoisotopic (exact) mass is 286 g/mol. The molecular weight excluding hydrogens is 264 g/mol. The van der Waals surface area contributed by atoms with Gasteiger partial charge >= 0.3 is 0 Å². The lowest BCUT2D eigenvalue weighted by atomic mass is 10.1. The summed E-state index contributed by atoms with van der Waals surface area (Å²) in [5.41, 5.74) is 8.66. The lowest BCUT2D eigenvalue weighted by molar-refractivity contribution is 0.326. The zero-order chi connectivity index (χ0) is 15.2. The fraction of sp³-hybridized carbons (Fsp3) is 0.294. The van der Waals surface area contributed by atoms with Crippen LogP contribution in [0.25, 0.3) is 0 Å². The number of likely N-dealkylation sites (N-methyl/N-ethyl adjacent to an activating group) is 1. The van der Waals surface area contributed by atoms with Gasteiger partial charge in [0.25, 0.3) is 0 Å². The van der Waals surface area contributed by atoms with Gasteiger partial charge in [0, 0.05) is 18.3 Å². The van der Waals surface area contributed by atoms with Gasteiger partial charge in [0.05, 0.1) is 12.2 Å². The topological polar surface area (TPSA) is 58.7 Å². The Kier molecular flexibility index (Phi) is 4.93. The molecular formula is C17H22N2O2. The van der Waals surface area contributed by atoms with E-state index >= 15 is 0 Å². The Labute approximate surface area is 125 Å². The van der Waals surface area contributed by atoms with Crippen molar-refractivity contribution >= 4 is 11.4 Å². The maximum atomic E-state index is 9.65. The van der Waals surface area contributed by atoms with Gasteiger partial charge in [-0.15, -0.1) is 0 Å². The first-order valence-corrected chi connectivity index (χ1v) is 7.13. The molecule has 4 heteroatoms. The normalized spacial score (nSPS) is 10.4. The number of aryl methyl sites for hydroxylation is 1. The molecule has 0 heterocycles. The Balaban J connectivity index is 2.00. The summed E-state index contributed by atoms with van der Waals surface area (Å²) in [5.74, 6) is 0.989. The average molecular weight is 286 g/mol. The van der Waals surface area contributed by atoms with E-state index in [0.717, 1.165) is 24.3 Å². The Hall–Kier alpha value is -2.36. The second kappa shape index (κ2) is 6.88. The van der Waals surface area contributed by atoms with Crippen molar-refractivity contribution in [3.8, 4) is 11.5 Å². The molecule has 0 aliphatic heterocycles. The molecule has 0 bridgehead atoms. The highest BCUT2D eigenvalue weighted by Gasteiger charge is 2.09. The minimum atomic E-state index is 0.280. The molecule has 0 saturated carbocycles. The molecule has 0 aromatic heterocycles. The predicted octanol–water partition coefficient (Wildman–Crippen LogP) is 3.19. The fourth-order valence-electron chi connectivity index (χ4n) is 2.27. The van der Waals surface area contributed by atoms with Crippen molar-refractivity contribution in [2.75, 3.05) is 30.3 Å². The second-order valence-electron chi connectivity index (χ2n) is 4.94. The molecule has 0 amide bonds. The first-order chi connectivity index (χ1) is 10.1. The van der Waals surface area contributed by atoms with Crippen LogP contribution < -0.4 is 15.4 Å². The maximum absolute atomic E-state index is 9.65. The van der Waals surface area contributed by atoms with Gasteiger partial charge in [-0.2, -0.15) is 0 Å². The molecule has 0 fully saturated rings. The van der Waals surface area contributed by atoms with Crippen LogP contribution in [0.15, 0.2) is 42.5 Å². The van der Waals surface area contributed by atoms with Crippen LogP contribution in [-0.4, -0.2) is 24.8 Å². The van der Waals surface area contributed by atoms with Crippen LogP contribution in [-0.2, 0) is 0 Å². The minimum Gasteiger partial charge on any atom is -0.508 e. The number of phenols is 1. The van der Waals surface area contributed by atoms with Crippen LogP contribution in [0.2, 0.25) is 0 Å². The van der Waals surface area contributed by atoms with E-state index in [1.807, 2.05) is 37.3 Å². The van der Waals surface area contributed by atoms with Crippen molar-refractivity contribution in [1.29, 1.82) is 0 Å². The molecule has 4 nitrogen and oxygen atoms in total. The summed E-state index contributed by atoms with van der Waals surface area (Å²) in [6.07, 6.45) is 0. The van der Waals surface area contributed by atoms with Gasteiger partial charge in [-0.1, -0.05) is 18.2 Å². The molecule has 2 aromatic carbocycles. The lowest BCUT2D eigenvalue weighted by Gasteiger charge is -2.25. The fourth-order valence-corrected chi connectivity index (χ4v) is 2.27. The average Bonchev–Trinajstić information content (AvgIpc) is 2.48. The Bertz CT molecular complexity index is 599. The van der Waals surface area contributed by atoms with Crippen LogP contribution in [0.1, 0.15) is 12.5 Å². The quantitative estimate of drug-likeness (QED) is 0.801. The Morgan fingerprint density at radius 2 is 1.95 bits per heavy atom. The molecule has 21 heavy (non-hydrogen) atoms. The lowest BCUT2D eigenvalue weighted by Crippen LogP contribution is -2.28. The summed E-state index contributed by atoms with van der Waals surface area (Å²) in [5, 5.41) is 9.65. The van der Waals surface area contributed by atoms with Gasteiger partial charge in [0.15, 0.2) is 0 Å². The number of para-hydroxylation sites is 2. The summed E-state index contributed by atoms with van der Waals surface area (Å²) in [6, 6.07) is 12.9. The molecule has 0 saturated heterocycles. The van der Waals surface area contributed by atoms with Crippen LogP contribution in [0.5, 0.6) is 11.5 Å². The molecule has 0 aliphatic rings. The van der Waals surface area contributed by atoms with Crippen molar-refractivity contribution in [2.45, 2.75) is 13.8 Å². The van der Waals surface area contributed by atoms with E-state index in [1.165, 1.54) is 0 Å². The molecule has 112 valence electrons. The van der Waals surface area contributed by atoms with Crippen LogP contribution in [0.3, 0.4) is 0 Å². The number of hydrogen-bond donors (Lipinski definition) is 2. The third kappa shape index (κ3) is 3.81. The molecule has 0 radical (unpaired) electrons. The van der Waals surface area contributed by atoms with Crippen molar-refractivity contribution < 1.29 is 9.84 Å². The number of phenolic OH excluding ortho intramolecular Hbond substituents is 1. The number of nitrogens with two attached hydrogens (primary N) is 1. The van der Waals surface area contributed by atoms with E-state index in [2.05, 4.69) is 11.8 Å². The number of ether oxygens (including phenoxy) is 1. The van der Waals surface area contributed by atoms with Gasteiger partial charge in [-0.3, -0.25) is 0 Å². The van der Waals surface area contributed by atoms with Crippen molar-refractivity contribution in [2.24, 2.45) is 0 Å². The van der Waals surface area contributed by atoms with Crippen LogP contribution in [0.4, 0.5) is 11.4 Å². The molecule has 0 aliphatic carbocycles. The zero-order valence-electron chi connectivity index (χ0n) is 12.5. The van der Waals surface area contributed by atoms with Gasteiger partial charge in [0.2, 0.25) is 0 Å². The van der Waals surface area contributed by atoms with E-state index in [-0.39, 0.29) is 5.75 Å². The molecule has 0 unspecified atom stereocenters. The van der Waals surface area contributed by atoms with Crippen molar-refractivity contribution in [3.63, 3.8) is 0 Å². The highest BCUT2D eigenvalue weighted by Crippen LogP contribution is 2.25. The third-order valence-electron chi connectivity index (χ3n) is 3.45. The number of anilines is 2. The number of hydrogen-bond acceptors (Lipinski definition) is 4. The molecule has 0 spiro atoms. The van der Waals surface area contributed by atoms with Gasteiger partial charge in [-0.05, 0) is 37.6 Å². The number of aromatic hydroxyl groups is 1. The maximum Gasteiger partial charge on any atom is 0.142 e. The third-order valence-corrected chi connectivity index (χ3v) is 3.45. The number of benzene rings is 2. The van der Waals surface area contributed by atoms with E-state index in [1.54, 1.807) is 12.1 Å². The standard InChI is InChI=1S/C17H22N2O2/c1-3-19(16-12-14(20)9-8-13(16)2)10-11-21-17-7-5-4-6-15(17)18/h4-9,12,20H,3,10-11,18H2,1-2H3. The minimum absolute atomic E-state index is 0.280. The molecule has 0 atom stereocenters. The summed E-state index contributed by atoms with van der Waals surface area (Å²) >= 11 is 0. The van der Waals surface area contributed by atoms with E-state index in [4.69, 9.17) is 10.5 Å². The van der Waals surface area contributed by atoms with Crippen LogP contribution in [0, 0.1) is 6.92 Å². The smallest absolute Gasteiger partial charge is 0.142 e. The molecule has 2 aromatic rings. The molecule has 3 N–H and O–H groups in total. The summed E-state index contributed by atoms with van der Waals surface area (Å²) in [6.45, 7) is 6.23.